The summed E-state index contributed by atoms with van der Waals surface area (Å²) in [7, 11) is 0. The van der Waals surface area contributed by atoms with Gasteiger partial charge < -0.3 is 15.5 Å². The summed E-state index contributed by atoms with van der Waals surface area (Å²) in [6, 6.07) is 11.9. The second-order valence-corrected chi connectivity index (χ2v) is 11.0. The fourth-order valence-corrected chi connectivity index (χ4v) is 5.90. The summed E-state index contributed by atoms with van der Waals surface area (Å²) in [5, 5.41) is 12.5. The van der Waals surface area contributed by atoms with Crippen LogP contribution < -0.4 is 10.6 Å². The average molecular weight is 564 g/mol. The van der Waals surface area contributed by atoms with Crippen molar-refractivity contribution in [1.29, 1.82) is 0 Å². The van der Waals surface area contributed by atoms with Gasteiger partial charge in [-0.2, -0.15) is 23.3 Å². The van der Waals surface area contributed by atoms with Gasteiger partial charge in [-0.25, -0.2) is 9.67 Å². The van der Waals surface area contributed by atoms with Gasteiger partial charge in [0.05, 0.1) is 11.4 Å². The lowest BCUT2D eigenvalue weighted by Crippen LogP contribution is -2.43. The van der Waals surface area contributed by atoms with E-state index in [0.29, 0.717) is 29.4 Å². The van der Waals surface area contributed by atoms with Crippen LogP contribution in [0, 0.1) is 13.8 Å². The van der Waals surface area contributed by atoms with Crippen LogP contribution in [0.3, 0.4) is 0 Å². The van der Waals surface area contributed by atoms with Crippen molar-refractivity contribution < 1.29 is 18.0 Å². The van der Waals surface area contributed by atoms with Crippen LogP contribution in [0.1, 0.15) is 60.4 Å². The number of amides is 1. The van der Waals surface area contributed by atoms with Crippen LogP contribution >= 0.6 is 0 Å². The van der Waals surface area contributed by atoms with Crippen molar-refractivity contribution in [2.45, 2.75) is 71.1 Å². The third kappa shape index (κ3) is 5.45. The Kier molecular flexibility index (Phi) is 7.04. The number of benzene rings is 2. The molecule has 11 heteroatoms. The third-order valence-electron chi connectivity index (χ3n) is 8.10. The molecule has 1 amide bonds. The van der Waals surface area contributed by atoms with Crippen molar-refractivity contribution in [2.75, 3.05) is 17.2 Å². The maximum absolute atomic E-state index is 13.0. The number of nitrogens with one attached hydrogen (secondary N) is 2. The minimum Gasteiger partial charge on any atom is -0.338 e. The monoisotopic (exact) mass is 563 g/mol. The molecule has 2 N–H and O–H groups in total. The second-order valence-electron chi connectivity index (χ2n) is 11.0. The number of aromatic nitrogens is 4. The molecule has 1 fully saturated rings. The van der Waals surface area contributed by atoms with Crippen LogP contribution in [0.25, 0.3) is 11.0 Å². The molecule has 0 spiro atoms. The lowest BCUT2D eigenvalue weighted by atomic mass is 9.96. The molecule has 1 aliphatic heterocycles. The Morgan fingerprint density at radius 1 is 1.00 bits per heavy atom. The summed E-state index contributed by atoms with van der Waals surface area (Å²) in [4.78, 5) is 22.1. The minimum atomic E-state index is -4.89. The van der Waals surface area contributed by atoms with E-state index in [-0.39, 0.29) is 19.1 Å². The van der Waals surface area contributed by atoms with Crippen LogP contribution in [0.5, 0.6) is 0 Å². The highest BCUT2D eigenvalue weighted by atomic mass is 19.4. The lowest BCUT2D eigenvalue weighted by molar-refractivity contribution is -0.186. The summed E-state index contributed by atoms with van der Waals surface area (Å²) in [6.45, 7) is 4.07. The van der Waals surface area contributed by atoms with Crippen molar-refractivity contribution >= 4 is 40.1 Å². The number of aryl methyl sites for hydroxylation is 2. The molecule has 8 nitrogen and oxygen atoms in total. The smallest absolute Gasteiger partial charge is 0.338 e. The maximum Gasteiger partial charge on any atom is 0.471 e. The number of carbonyl (C=O) groups excluding carboxylic acids is 1. The van der Waals surface area contributed by atoms with Crippen molar-refractivity contribution in [2.24, 2.45) is 0 Å². The summed E-state index contributed by atoms with van der Waals surface area (Å²) < 4.78 is 41.0. The predicted molar refractivity (Wildman–Crippen MR) is 152 cm³/mol. The van der Waals surface area contributed by atoms with Crippen molar-refractivity contribution in [1.82, 2.24) is 24.6 Å². The fourth-order valence-electron chi connectivity index (χ4n) is 5.90. The quantitative estimate of drug-likeness (QED) is 0.275. The molecule has 4 aromatic rings. The zero-order chi connectivity index (χ0) is 28.7. The summed E-state index contributed by atoms with van der Waals surface area (Å²) in [6.07, 6.45) is 2.81. The first-order valence-corrected chi connectivity index (χ1v) is 14.0. The Labute approximate surface area is 236 Å². The first-order chi connectivity index (χ1) is 19.7. The topological polar surface area (TPSA) is 88.0 Å². The molecule has 0 bridgehead atoms. The number of halogens is 3. The Morgan fingerprint density at radius 2 is 1.76 bits per heavy atom. The molecule has 0 saturated heterocycles. The number of alkyl halides is 3. The Morgan fingerprint density at radius 3 is 2.49 bits per heavy atom. The standard InChI is InChI=1S/C30H32F3N7O/c1-18-7-6-8-19(2)25(18)36-26-24-16-34-29(37-27(24)40(38-26)23-9-4-3-5-10-23)35-22-12-11-20-13-14-39(17-21(20)15-22)28(41)30(31,32)33/h6-8,11-12,15-16,23H,3-5,9-10,13-14,17H2,1-2H3,(H,36,38)(H,34,35,37). The molecule has 3 heterocycles. The lowest BCUT2D eigenvalue weighted by Gasteiger charge is -2.29. The van der Waals surface area contributed by atoms with E-state index in [2.05, 4.69) is 41.6 Å². The van der Waals surface area contributed by atoms with Gasteiger partial charge in [-0.15, -0.1) is 0 Å². The van der Waals surface area contributed by atoms with Gasteiger partial charge in [0.15, 0.2) is 11.5 Å². The molecule has 0 radical (unpaired) electrons. The Balaban J connectivity index is 1.31. The van der Waals surface area contributed by atoms with Crippen molar-refractivity contribution in [3.8, 4) is 0 Å². The van der Waals surface area contributed by atoms with Crippen molar-refractivity contribution in [3.05, 3.63) is 64.8 Å². The fraction of sp³-hybridized carbons (Fsp3) is 0.400. The number of carbonyl (C=O) groups is 1. The summed E-state index contributed by atoms with van der Waals surface area (Å²) >= 11 is 0. The molecule has 1 aliphatic carbocycles. The Hall–Kier alpha value is -4.15. The molecular formula is C30H32F3N7O. The molecule has 0 atom stereocenters. The van der Waals surface area contributed by atoms with Gasteiger partial charge in [0, 0.05) is 30.7 Å². The van der Waals surface area contributed by atoms with Gasteiger partial charge in [-0.05, 0) is 67.5 Å². The van der Waals surface area contributed by atoms with Crippen LogP contribution in [-0.2, 0) is 17.8 Å². The van der Waals surface area contributed by atoms with E-state index in [9.17, 15) is 18.0 Å². The highest BCUT2D eigenvalue weighted by molar-refractivity contribution is 5.90. The van der Waals surface area contributed by atoms with E-state index in [1.807, 2.05) is 22.9 Å². The van der Waals surface area contributed by atoms with Crippen molar-refractivity contribution in [3.63, 3.8) is 0 Å². The van der Waals surface area contributed by atoms with E-state index in [4.69, 9.17) is 10.1 Å². The number of hydrogen-bond acceptors (Lipinski definition) is 6. The maximum atomic E-state index is 13.0. The molecule has 2 aromatic carbocycles. The van der Waals surface area contributed by atoms with Gasteiger partial charge >= 0.3 is 12.1 Å². The number of rotatable bonds is 5. The minimum absolute atomic E-state index is 0.0431. The van der Waals surface area contributed by atoms with E-state index >= 15 is 0 Å². The van der Waals surface area contributed by atoms with E-state index in [0.717, 1.165) is 64.0 Å². The number of para-hydroxylation sites is 1. The van der Waals surface area contributed by atoms with Gasteiger partial charge in [-0.3, -0.25) is 4.79 Å². The molecule has 6 rings (SSSR count). The van der Waals surface area contributed by atoms with Crippen LogP contribution in [-0.4, -0.2) is 43.3 Å². The number of anilines is 4. The SMILES string of the molecule is Cc1cccc(C)c1Nc1nn(C2CCCCC2)c2nc(Nc3ccc4c(c3)CN(C(=O)C(F)(F)F)CC4)ncc12. The molecule has 0 unspecified atom stereocenters. The summed E-state index contributed by atoms with van der Waals surface area (Å²) in [5.74, 6) is -0.735. The molecule has 41 heavy (non-hydrogen) atoms. The van der Waals surface area contributed by atoms with Gasteiger partial charge in [0.25, 0.3) is 0 Å². The molecular weight excluding hydrogens is 531 g/mol. The van der Waals surface area contributed by atoms with Crippen LogP contribution in [0.15, 0.2) is 42.6 Å². The zero-order valence-corrected chi connectivity index (χ0v) is 23.1. The predicted octanol–water partition coefficient (Wildman–Crippen LogP) is 6.88. The highest BCUT2D eigenvalue weighted by Crippen LogP contribution is 2.35. The third-order valence-corrected chi connectivity index (χ3v) is 8.10. The highest BCUT2D eigenvalue weighted by Gasteiger charge is 2.43. The average Bonchev–Trinajstić information content (AvgIpc) is 3.31. The van der Waals surface area contributed by atoms with E-state index in [1.54, 1.807) is 12.3 Å². The Bertz CT molecular complexity index is 1590. The normalized spacial score (nSPS) is 16.1. The molecule has 1 saturated carbocycles. The largest absolute Gasteiger partial charge is 0.471 e. The number of nitrogens with zero attached hydrogens (tertiary/aromatic N) is 5. The zero-order valence-electron chi connectivity index (χ0n) is 23.1. The second kappa shape index (κ2) is 10.7. The first kappa shape index (κ1) is 27.0. The van der Waals surface area contributed by atoms with E-state index < -0.39 is 12.1 Å². The van der Waals surface area contributed by atoms with Gasteiger partial charge in [0.1, 0.15) is 0 Å². The van der Waals surface area contributed by atoms with Gasteiger partial charge in [0.2, 0.25) is 5.95 Å². The van der Waals surface area contributed by atoms with Crippen LogP contribution in [0.2, 0.25) is 0 Å². The van der Waals surface area contributed by atoms with E-state index in [1.165, 1.54) is 6.42 Å². The first-order valence-electron chi connectivity index (χ1n) is 14.0. The molecule has 2 aliphatic rings. The number of fused-ring (bicyclic) bond motifs is 2. The molecule has 214 valence electrons. The summed E-state index contributed by atoms with van der Waals surface area (Å²) in [5.41, 5.74) is 6.21. The van der Waals surface area contributed by atoms with Gasteiger partial charge in [-0.1, -0.05) is 43.5 Å². The molecule has 2 aromatic heterocycles. The number of hydrogen-bond donors (Lipinski definition) is 2. The van der Waals surface area contributed by atoms with Crippen LogP contribution in [0.4, 0.5) is 36.3 Å².